The summed E-state index contributed by atoms with van der Waals surface area (Å²) >= 11 is 1.49. The second-order valence-corrected chi connectivity index (χ2v) is 10.5. The Balaban J connectivity index is 1.46. The molecular weight excluding hydrogens is 438 g/mol. The zero-order valence-electron chi connectivity index (χ0n) is 20.0. The van der Waals surface area contributed by atoms with Crippen LogP contribution in [0.5, 0.6) is 0 Å². The summed E-state index contributed by atoms with van der Waals surface area (Å²) in [5, 5.41) is 0.489. The van der Waals surface area contributed by atoms with Gasteiger partial charge in [0.05, 0.1) is 16.6 Å². The number of benzene rings is 3. The number of anilines is 1. The predicted molar refractivity (Wildman–Crippen MR) is 141 cm³/mol. The van der Waals surface area contributed by atoms with Crippen LogP contribution in [0.15, 0.2) is 78.0 Å². The van der Waals surface area contributed by atoms with Gasteiger partial charge in [0, 0.05) is 22.9 Å². The number of para-hydroxylation sites is 1. The number of H-pyrrole nitrogens is 1. The van der Waals surface area contributed by atoms with E-state index in [0.717, 1.165) is 39.8 Å². The second-order valence-electron chi connectivity index (χ2n) is 9.15. The molecule has 4 nitrogen and oxygen atoms in total. The minimum atomic E-state index is -0.267. The molecule has 4 aromatic rings. The van der Waals surface area contributed by atoms with Crippen LogP contribution in [0.3, 0.4) is 0 Å². The lowest BCUT2D eigenvalue weighted by Crippen LogP contribution is -2.40. The van der Waals surface area contributed by atoms with E-state index in [4.69, 9.17) is 4.98 Å². The lowest BCUT2D eigenvalue weighted by atomic mass is 10.0. The highest BCUT2D eigenvalue weighted by molar-refractivity contribution is 8.00. The van der Waals surface area contributed by atoms with Crippen molar-refractivity contribution in [3.63, 3.8) is 0 Å². The summed E-state index contributed by atoms with van der Waals surface area (Å²) in [5.41, 5.74) is 8.73. The standard InChI is InChI=1S/C29H29N3OS/c1-18-9-13-22(14-10-18)26-27(23-15-11-19(2)12-16-23)31-29(30-26)34-21(4)28(33)32-20(3)17-24-7-5-6-8-25(24)32/h5-16,20-21H,17H2,1-4H3,(H,30,31)/t20-,21+/m0/s1. The Hall–Kier alpha value is -3.31. The first kappa shape index (κ1) is 22.5. The number of hydrogen-bond acceptors (Lipinski definition) is 3. The van der Waals surface area contributed by atoms with Gasteiger partial charge in [0.1, 0.15) is 0 Å². The topological polar surface area (TPSA) is 49.0 Å². The molecule has 172 valence electrons. The first-order chi connectivity index (χ1) is 16.4. The molecule has 1 N–H and O–H groups in total. The van der Waals surface area contributed by atoms with Crippen molar-refractivity contribution in [2.24, 2.45) is 0 Å². The van der Waals surface area contributed by atoms with Gasteiger partial charge in [0.15, 0.2) is 5.16 Å². The number of imidazole rings is 1. The van der Waals surface area contributed by atoms with Crippen LogP contribution in [0.4, 0.5) is 5.69 Å². The van der Waals surface area contributed by atoms with E-state index in [1.54, 1.807) is 0 Å². The third-order valence-corrected chi connectivity index (χ3v) is 7.40. The number of carbonyl (C=O) groups excluding carboxylic acids is 1. The van der Waals surface area contributed by atoms with Crippen molar-refractivity contribution in [1.29, 1.82) is 0 Å². The van der Waals surface area contributed by atoms with Gasteiger partial charge in [-0.1, -0.05) is 89.6 Å². The number of nitrogens with zero attached hydrogens (tertiary/aromatic N) is 2. The maximum atomic E-state index is 13.5. The van der Waals surface area contributed by atoms with Gasteiger partial charge in [-0.25, -0.2) is 4.98 Å². The molecule has 1 aliphatic rings. The SMILES string of the molecule is Cc1ccc(-c2nc(S[C@H](C)C(=O)N3c4ccccc4C[C@@H]3C)[nH]c2-c2ccc(C)cc2)cc1. The summed E-state index contributed by atoms with van der Waals surface area (Å²) in [5.74, 6) is 0.118. The van der Waals surface area contributed by atoms with Crippen LogP contribution >= 0.6 is 11.8 Å². The molecule has 0 fully saturated rings. The molecule has 0 radical (unpaired) electrons. The molecular formula is C29H29N3OS. The molecule has 0 saturated carbocycles. The van der Waals surface area contributed by atoms with Crippen LogP contribution < -0.4 is 4.90 Å². The monoisotopic (exact) mass is 467 g/mol. The van der Waals surface area contributed by atoms with Gasteiger partial charge in [0.25, 0.3) is 0 Å². The highest BCUT2D eigenvalue weighted by Gasteiger charge is 2.33. The molecule has 0 spiro atoms. The largest absolute Gasteiger partial charge is 0.332 e. The van der Waals surface area contributed by atoms with Crippen LogP contribution in [-0.4, -0.2) is 27.2 Å². The number of thioether (sulfide) groups is 1. The van der Waals surface area contributed by atoms with E-state index >= 15 is 0 Å². The van der Waals surface area contributed by atoms with Gasteiger partial charge in [-0.05, 0) is 45.7 Å². The maximum absolute atomic E-state index is 13.5. The summed E-state index contributed by atoms with van der Waals surface area (Å²) in [6.07, 6.45) is 0.898. The average molecular weight is 468 g/mol. The molecule has 3 aromatic carbocycles. The number of rotatable bonds is 5. The Bertz CT molecular complexity index is 1260. The molecule has 1 aromatic heterocycles. The molecule has 0 bridgehead atoms. The van der Waals surface area contributed by atoms with Crippen LogP contribution in [-0.2, 0) is 11.2 Å². The maximum Gasteiger partial charge on any atom is 0.240 e. The van der Waals surface area contributed by atoms with Crippen molar-refractivity contribution < 1.29 is 4.79 Å². The Labute approximate surface area is 205 Å². The van der Waals surface area contributed by atoms with Crippen molar-refractivity contribution in [3.8, 4) is 22.5 Å². The zero-order chi connectivity index (χ0) is 23.8. The number of aryl methyl sites for hydroxylation is 2. The molecule has 0 saturated heterocycles. The zero-order valence-corrected chi connectivity index (χ0v) is 20.8. The van der Waals surface area contributed by atoms with Gasteiger partial charge in [-0.2, -0.15) is 0 Å². The molecule has 0 unspecified atom stereocenters. The van der Waals surface area contributed by atoms with E-state index in [-0.39, 0.29) is 17.2 Å². The number of carbonyl (C=O) groups is 1. The van der Waals surface area contributed by atoms with Crippen LogP contribution in [0.2, 0.25) is 0 Å². The van der Waals surface area contributed by atoms with Gasteiger partial charge >= 0.3 is 0 Å². The molecule has 1 aliphatic heterocycles. The van der Waals surface area contributed by atoms with E-state index in [1.807, 2.05) is 30.0 Å². The van der Waals surface area contributed by atoms with Crippen LogP contribution in [0, 0.1) is 13.8 Å². The van der Waals surface area contributed by atoms with Gasteiger partial charge in [-0.15, -0.1) is 0 Å². The second kappa shape index (κ2) is 9.15. The Kier molecular flexibility index (Phi) is 6.05. The predicted octanol–water partition coefficient (Wildman–Crippen LogP) is 6.82. The van der Waals surface area contributed by atoms with Gasteiger partial charge in [0.2, 0.25) is 5.91 Å². The number of amides is 1. The van der Waals surface area contributed by atoms with Crippen molar-refractivity contribution >= 4 is 23.4 Å². The molecule has 5 heteroatoms. The fourth-order valence-corrected chi connectivity index (χ4v) is 5.43. The van der Waals surface area contributed by atoms with Crippen molar-refractivity contribution in [3.05, 3.63) is 89.5 Å². The number of aromatic amines is 1. The summed E-state index contributed by atoms with van der Waals surface area (Å²) < 4.78 is 0. The van der Waals surface area contributed by atoms with E-state index in [0.29, 0.717) is 0 Å². The highest BCUT2D eigenvalue weighted by Crippen LogP contribution is 2.37. The van der Waals surface area contributed by atoms with Gasteiger partial charge < -0.3 is 9.88 Å². The highest BCUT2D eigenvalue weighted by atomic mass is 32.2. The number of fused-ring (bicyclic) bond motifs is 1. The van der Waals surface area contributed by atoms with Crippen molar-refractivity contribution in [2.45, 2.75) is 50.6 Å². The van der Waals surface area contributed by atoms with E-state index in [1.165, 1.54) is 28.5 Å². The smallest absolute Gasteiger partial charge is 0.240 e. The minimum absolute atomic E-state index is 0.118. The number of aromatic nitrogens is 2. The van der Waals surface area contributed by atoms with Gasteiger partial charge in [-0.3, -0.25) is 4.79 Å². The molecule has 0 aliphatic carbocycles. The normalized spacial score (nSPS) is 15.9. The quantitative estimate of drug-likeness (QED) is 0.328. The lowest BCUT2D eigenvalue weighted by Gasteiger charge is -2.25. The Morgan fingerprint density at radius 1 is 0.971 bits per heavy atom. The lowest BCUT2D eigenvalue weighted by molar-refractivity contribution is -0.118. The third kappa shape index (κ3) is 4.28. The number of nitrogens with one attached hydrogen (secondary N) is 1. The summed E-state index contributed by atoms with van der Waals surface area (Å²) in [6, 6.07) is 25.3. The van der Waals surface area contributed by atoms with E-state index < -0.39 is 0 Å². The fraction of sp³-hybridized carbons (Fsp3) is 0.241. The average Bonchev–Trinajstić information content (AvgIpc) is 3.39. The molecule has 34 heavy (non-hydrogen) atoms. The molecule has 2 heterocycles. The van der Waals surface area contributed by atoms with Crippen molar-refractivity contribution in [1.82, 2.24) is 9.97 Å². The third-order valence-electron chi connectivity index (χ3n) is 6.43. The summed E-state index contributed by atoms with van der Waals surface area (Å²) in [6.45, 7) is 8.26. The van der Waals surface area contributed by atoms with E-state index in [2.05, 4.69) is 80.4 Å². The Morgan fingerprint density at radius 3 is 2.26 bits per heavy atom. The molecule has 5 rings (SSSR count). The molecule has 1 amide bonds. The fourth-order valence-electron chi connectivity index (χ4n) is 4.57. The van der Waals surface area contributed by atoms with E-state index in [9.17, 15) is 4.79 Å². The summed E-state index contributed by atoms with van der Waals surface area (Å²) in [7, 11) is 0. The van der Waals surface area contributed by atoms with Crippen LogP contribution in [0.1, 0.15) is 30.5 Å². The van der Waals surface area contributed by atoms with Crippen LogP contribution in [0.25, 0.3) is 22.5 Å². The molecule has 2 atom stereocenters. The number of hydrogen-bond donors (Lipinski definition) is 1. The summed E-state index contributed by atoms with van der Waals surface area (Å²) in [4.78, 5) is 23.9. The van der Waals surface area contributed by atoms with Crippen molar-refractivity contribution in [2.75, 3.05) is 4.90 Å². The minimum Gasteiger partial charge on any atom is -0.332 e. The Morgan fingerprint density at radius 2 is 1.59 bits per heavy atom. The first-order valence-corrected chi connectivity index (χ1v) is 12.6. The first-order valence-electron chi connectivity index (χ1n) is 11.7.